The molecule has 2 nitrogen and oxygen atoms in total. The zero-order valence-electron chi connectivity index (χ0n) is 9.53. The van der Waals surface area contributed by atoms with Crippen molar-refractivity contribution >= 4 is 45.0 Å². The van der Waals surface area contributed by atoms with Crippen molar-refractivity contribution in [2.24, 2.45) is 0 Å². The van der Waals surface area contributed by atoms with Gasteiger partial charge in [-0.3, -0.25) is 0 Å². The molecule has 0 unspecified atom stereocenters. The van der Waals surface area contributed by atoms with Crippen molar-refractivity contribution in [3.05, 3.63) is 46.4 Å². The fraction of sp³-hybridized carbons (Fsp3) is 0.143. The van der Waals surface area contributed by atoms with Gasteiger partial charge in [0.15, 0.2) is 0 Å². The number of hydrogen-bond acceptors (Lipinski definition) is 1. The summed E-state index contributed by atoms with van der Waals surface area (Å²) >= 11 is 12.1. The highest BCUT2D eigenvalue weighted by Gasteiger charge is 2.10. The summed E-state index contributed by atoms with van der Waals surface area (Å²) in [6, 6.07) is 11.5. The number of aliphatic hydroxyl groups excluding tert-OH is 1. The third kappa shape index (κ3) is 1.77. The van der Waals surface area contributed by atoms with Gasteiger partial charge in [-0.2, -0.15) is 0 Å². The molecule has 0 aliphatic rings. The molecular weight excluding hydrogens is 269 g/mol. The Balaban J connectivity index is 2.48. The largest absolute Gasteiger partial charge is 0.395 e. The first-order valence-corrected chi connectivity index (χ1v) is 6.44. The summed E-state index contributed by atoms with van der Waals surface area (Å²) in [4.78, 5) is 0. The van der Waals surface area contributed by atoms with Crippen LogP contribution in [0.3, 0.4) is 0 Å². The van der Waals surface area contributed by atoms with Crippen LogP contribution >= 0.6 is 23.2 Å². The van der Waals surface area contributed by atoms with Gasteiger partial charge in [-0.05, 0) is 36.4 Å². The molecular formula is C14H11Cl2NO. The lowest BCUT2D eigenvalue weighted by atomic mass is 10.1. The highest BCUT2D eigenvalue weighted by molar-refractivity contribution is 6.33. The molecule has 0 fully saturated rings. The molecule has 0 atom stereocenters. The van der Waals surface area contributed by atoms with Gasteiger partial charge in [-0.25, -0.2) is 0 Å². The highest BCUT2D eigenvalue weighted by Crippen LogP contribution is 2.32. The van der Waals surface area contributed by atoms with Gasteiger partial charge < -0.3 is 9.67 Å². The molecule has 0 aliphatic heterocycles. The minimum atomic E-state index is 0.101. The van der Waals surface area contributed by atoms with Crippen LogP contribution in [0.5, 0.6) is 0 Å². The lowest BCUT2D eigenvalue weighted by Crippen LogP contribution is -2.01. The predicted octanol–water partition coefficient (Wildman–Crippen LogP) is 4.09. The molecule has 0 saturated carbocycles. The average molecular weight is 280 g/mol. The van der Waals surface area contributed by atoms with E-state index in [0.29, 0.717) is 16.6 Å². The highest BCUT2D eigenvalue weighted by atomic mass is 35.5. The Morgan fingerprint density at radius 3 is 1.83 bits per heavy atom. The molecule has 0 amide bonds. The predicted molar refractivity (Wildman–Crippen MR) is 76.5 cm³/mol. The third-order valence-corrected chi connectivity index (χ3v) is 3.58. The Labute approximate surface area is 114 Å². The van der Waals surface area contributed by atoms with Crippen LogP contribution in [0.15, 0.2) is 36.4 Å². The Hall–Kier alpha value is -1.22. The van der Waals surface area contributed by atoms with Crippen LogP contribution in [-0.4, -0.2) is 16.3 Å². The standard InChI is InChI=1S/C14H11Cl2NO/c15-9-1-3-13-11(7-9)12-8-10(16)2-4-14(12)17(13)5-6-18/h1-4,7-8,18H,5-6H2. The van der Waals surface area contributed by atoms with Crippen LogP contribution in [0.1, 0.15) is 0 Å². The quantitative estimate of drug-likeness (QED) is 0.751. The van der Waals surface area contributed by atoms with Crippen molar-refractivity contribution in [3.8, 4) is 0 Å². The fourth-order valence-electron chi connectivity index (χ4n) is 2.39. The Kier molecular flexibility index (Phi) is 2.94. The maximum atomic E-state index is 9.19. The zero-order valence-corrected chi connectivity index (χ0v) is 11.0. The van der Waals surface area contributed by atoms with Crippen molar-refractivity contribution in [2.75, 3.05) is 6.61 Å². The first kappa shape index (κ1) is 11.8. The number of aliphatic hydroxyl groups is 1. The van der Waals surface area contributed by atoms with Gasteiger partial charge in [0, 0.05) is 38.4 Å². The van der Waals surface area contributed by atoms with Gasteiger partial charge in [0.05, 0.1) is 6.61 Å². The minimum Gasteiger partial charge on any atom is -0.395 e. The fourth-order valence-corrected chi connectivity index (χ4v) is 2.73. The number of rotatable bonds is 2. The van der Waals surface area contributed by atoms with E-state index >= 15 is 0 Å². The second kappa shape index (κ2) is 4.47. The van der Waals surface area contributed by atoms with Crippen LogP contribution < -0.4 is 0 Å². The lowest BCUT2D eigenvalue weighted by Gasteiger charge is -2.04. The molecule has 3 aromatic rings. The topological polar surface area (TPSA) is 25.2 Å². The van der Waals surface area contributed by atoms with Crippen molar-refractivity contribution in [1.29, 1.82) is 0 Å². The van der Waals surface area contributed by atoms with Crippen molar-refractivity contribution in [1.82, 2.24) is 4.57 Å². The smallest absolute Gasteiger partial charge is 0.0610 e. The summed E-state index contributed by atoms with van der Waals surface area (Å²) in [6.45, 7) is 0.660. The average Bonchev–Trinajstić information content (AvgIpc) is 2.64. The summed E-state index contributed by atoms with van der Waals surface area (Å²) < 4.78 is 2.08. The molecule has 1 heterocycles. The summed E-state index contributed by atoms with van der Waals surface area (Å²) in [5, 5.41) is 12.7. The summed E-state index contributed by atoms with van der Waals surface area (Å²) in [5.41, 5.74) is 2.12. The molecule has 0 spiro atoms. The van der Waals surface area contributed by atoms with E-state index in [1.54, 1.807) is 0 Å². The zero-order chi connectivity index (χ0) is 12.7. The van der Waals surface area contributed by atoms with Crippen LogP contribution in [-0.2, 0) is 6.54 Å². The monoisotopic (exact) mass is 279 g/mol. The summed E-state index contributed by atoms with van der Waals surface area (Å²) in [6.07, 6.45) is 0. The molecule has 4 heteroatoms. The Morgan fingerprint density at radius 1 is 0.889 bits per heavy atom. The van der Waals surface area contributed by atoms with E-state index in [2.05, 4.69) is 4.57 Å². The van der Waals surface area contributed by atoms with Gasteiger partial charge in [0.25, 0.3) is 0 Å². The first-order valence-electron chi connectivity index (χ1n) is 5.68. The molecule has 0 radical (unpaired) electrons. The van der Waals surface area contributed by atoms with Crippen LogP contribution in [0.4, 0.5) is 0 Å². The van der Waals surface area contributed by atoms with E-state index in [0.717, 1.165) is 21.8 Å². The lowest BCUT2D eigenvalue weighted by molar-refractivity contribution is 0.280. The summed E-state index contributed by atoms with van der Waals surface area (Å²) in [7, 11) is 0. The molecule has 1 N–H and O–H groups in total. The number of fused-ring (bicyclic) bond motifs is 3. The van der Waals surface area contributed by atoms with Gasteiger partial charge in [-0.15, -0.1) is 0 Å². The molecule has 3 rings (SSSR count). The molecule has 2 aromatic carbocycles. The molecule has 18 heavy (non-hydrogen) atoms. The maximum Gasteiger partial charge on any atom is 0.0610 e. The van der Waals surface area contributed by atoms with Gasteiger partial charge in [-0.1, -0.05) is 23.2 Å². The minimum absolute atomic E-state index is 0.101. The SMILES string of the molecule is OCCn1c2ccc(Cl)cc2c2cc(Cl)ccc21. The van der Waals surface area contributed by atoms with E-state index in [1.165, 1.54) is 0 Å². The maximum absolute atomic E-state index is 9.19. The molecule has 0 saturated heterocycles. The molecule has 0 aliphatic carbocycles. The number of halogens is 2. The van der Waals surface area contributed by atoms with E-state index in [-0.39, 0.29) is 6.61 Å². The van der Waals surface area contributed by atoms with Gasteiger partial charge in [0.1, 0.15) is 0 Å². The van der Waals surface area contributed by atoms with E-state index in [1.807, 2.05) is 36.4 Å². The van der Waals surface area contributed by atoms with Crippen LogP contribution in [0.2, 0.25) is 10.0 Å². The van der Waals surface area contributed by atoms with Crippen LogP contribution in [0.25, 0.3) is 21.8 Å². The van der Waals surface area contributed by atoms with Crippen molar-refractivity contribution in [2.45, 2.75) is 6.54 Å². The Bertz CT molecular complexity index is 674. The van der Waals surface area contributed by atoms with E-state index in [4.69, 9.17) is 23.2 Å². The van der Waals surface area contributed by atoms with Crippen molar-refractivity contribution in [3.63, 3.8) is 0 Å². The van der Waals surface area contributed by atoms with E-state index in [9.17, 15) is 5.11 Å². The van der Waals surface area contributed by atoms with E-state index < -0.39 is 0 Å². The first-order chi connectivity index (χ1) is 8.70. The van der Waals surface area contributed by atoms with Crippen molar-refractivity contribution < 1.29 is 5.11 Å². The van der Waals surface area contributed by atoms with Gasteiger partial charge >= 0.3 is 0 Å². The summed E-state index contributed by atoms with van der Waals surface area (Å²) in [5.74, 6) is 0. The van der Waals surface area contributed by atoms with Gasteiger partial charge in [0.2, 0.25) is 0 Å². The normalized spacial score (nSPS) is 11.5. The third-order valence-electron chi connectivity index (χ3n) is 3.11. The molecule has 1 aromatic heterocycles. The second-order valence-electron chi connectivity index (χ2n) is 4.20. The number of hydrogen-bond donors (Lipinski definition) is 1. The van der Waals surface area contributed by atoms with Crippen LogP contribution in [0, 0.1) is 0 Å². The molecule has 0 bridgehead atoms. The second-order valence-corrected chi connectivity index (χ2v) is 5.07. The Morgan fingerprint density at radius 2 is 1.39 bits per heavy atom. The number of aromatic nitrogens is 1. The molecule has 92 valence electrons. The number of benzene rings is 2. The number of nitrogens with zero attached hydrogens (tertiary/aromatic N) is 1.